The minimum Gasteiger partial charge on any atom is -0.244 e. The molecule has 72 valence electrons. The second-order valence-electron chi connectivity index (χ2n) is 2.97. The molecule has 0 unspecified atom stereocenters. The second kappa shape index (κ2) is 3.36. The van der Waals surface area contributed by atoms with Crippen LogP contribution < -0.4 is 0 Å². The molecule has 0 N–H and O–H groups in total. The zero-order valence-corrected chi connectivity index (χ0v) is 8.48. The lowest BCUT2D eigenvalue weighted by Gasteiger charge is -1.98. The number of nitrogens with zero attached hydrogens (tertiary/aromatic N) is 4. The summed E-state index contributed by atoms with van der Waals surface area (Å²) < 4.78 is 1.15. The summed E-state index contributed by atoms with van der Waals surface area (Å²) in [4.78, 5) is 16.4. The Balaban J connectivity index is 2.31. The molecule has 15 heavy (non-hydrogen) atoms. The van der Waals surface area contributed by atoms with E-state index >= 15 is 0 Å². The van der Waals surface area contributed by atoms with E-state index in [-0.39, 0.29) is 0 Å². The maximum atomic E-state index is 4.31. The molecule has 2 aromatic heterocycles. The van der Waals surface area contributed by atoms with Crippen LogP contribution in [0.4, 0.5) is 0 Å². The smallest absolute Gasteiger partial charge is 0.164 e. The van der Waals surface area contributed by atoms with Crippen molar-refractivity contribution in [2.45, 2.75) is 0 Å². The Hall–Kier alpha value is -1.88. The normalized spacial score (nSPS) is 10.7. The van der Waals surface area contributed by atoms with Gasteiger partial charge in [-0.25, -0.2) is 19.9 Å². The van der Waals surface area contributed by atoms with Crippen molar-refractivity contribution >= 4 is 21.6 Å². The van der Waals surface area contributed by atoms with E-state index in [4.69, 9.17) is 0 Å². The van der Waals surface area contributed by atoms with Gasteiger partial charge in [0.25, 0.3) is 0 Å². The van der Waals surface area contributed by atoms with Crippen molar-refractivity contribution < 1.29 is 0 Å². The number of fused-ring (bicyclic) bond motifs is 1. The minimum atomic E-state index is 0.668. The first-order valence-corrected chi connectivity index (χ1v) is 5.28. The molecular formula is C10H6N4S. The van der Waals surface area contributed by atoms with Gasteiger partial charge in [0.1, 0.15) is 12.7 Å². The van der Waals surface area contributed by atoms with E-state index in [9.17, 15) is 0 Å². The van der Waals surface area contributed by atoms with Gasteiger partial charge in [-0.15, -0.1) is 11.3 Å². The van der Waals surface area contributed by atoms with Gasteiger partial charge in [0.2, 0.25) is 0 Å². The highest BCUT2D eigenvalue weighted by atomic mass is 32.1. The fourth-order valence-corrected chi connectivity index (χ4v) is 2.15. The molecule has 0 spiro atoms. The third kappa shape index (κ3) is 1.37. The van der Waals surface area contributed by atoms with Gasteiger partial charge in [0.05, 0.1) is 15.7 Å². The van der Waals surface area contributed by atoms with E-state index in [0.717, 1.165) is 15.8 Å². The Labute approximate surface area is 89.7 Å². The van der Waals surface area contributed by atoms with Crippen LogP contribution in [0, 0.1) is 0 Å². The summed E-state index contributed by atoms with van der Waals surface area (Å²) in [5.74, 6) is 0.668. The molecule has 0 saturated carbocycles. The van der Waals surface area contributed by atoms with Crippen LogP contribution in [0.2, 0.25) is 0 Å². The molecular weight excluding hydrogens is 208 g/mol. The lowest BCUT2D eigenvalue weighted by Crippen LogP contribution is -1.89. The van der Waals surface area contributed by atoms with Crippen LogP contribution in [0.3, 0.4) is 0 Å². The highest BCUT2D eigenvalue weighted by Crippen LogP contribution is 2.26. The average Bonchev–Trinajstić information content (AvgIpc) is 2.78. The monoisotopic (exact) mass is 214 g/mol. The van der Waals surface area contributed by atoms with Crippen molar-refractivity contribution in [3.8, 4) is 11.4 Å². The van der Waals surface area contributed by atoms with Crippen LogP contribution in [0.1, 0.15) is 0 Å². The number of hydrogen-bond acceptors (Lipinski definition) is 5. The van der Waals surface area contributed by atoms with Gasteiger partial charge in [0, 0.05) is 5.56 Å². The molecule has 0 amide bonds. The quantitative estimate of drug-likeness (QED) is 0.622. The zero-order valence-electron chi connectivity index (χ0n) is 7.66. The zero-order chi connectivity index (χ0) is 10.1. The number of rotatable bonds is 1. The first kappa shape index (κ1) is 8.43. The molecule has 0 radical (unpaired) electrons. The van der Waals surface area contributed by atoms with Gasteiger partial charge >= 0.3 is 0 Å². The van der Waals surface area contributed by atoms with Crippen molar-refractivity contribution in [2.24, 2.45) is 0 Å². The van der Waals surface area contributed by atoms with Crippen LogP contribution in [0.5, 0.6) is 0 Å². The molecule has 0 bridgehead atoms. The van der Waals surface area contributed by atoms with Gasteiger partial charge < -0.3 is 0 Å². The predicted octanol–water partition coefficient (Wildman–Crippen LogP) is 2.15. The third-order valence-corrected chi connectivity index (χ3v) is 2.89. The Morgan fingerprint density at radius 2 is 1.87 bits per heavy atom. The standard InChI is InChI=1S/C10H6N4S/c1-2-7(10-12-4-11-5-13-10)9-8(3-1)15-6-14-9/h1-6H. The number of para-hydroxylation sites is 1. The lowest BCUT2D eigenvalue weighted by atomic mass is 10.2. The maximum absolute atomic E-state index is 4.31. The number of thiazole rings is 1. The molecule has 4 nitrogen and oxygen atoms in total. The van der Waals surface area contributed by atoms with Gasteiger partial charge in [0.15, 0.2) is 5.82 Å². The highest BCUT2D eigenvalue weighted by Gasteiger charge is 2.07. The minimum absolute atomic E-state index is 0.668. The van der Waals surface area contributed by atoms with Crippen molar-refractivity contribution in [2.75, 3.05) is 0 Å². The summed E-state index contributed by atoms with van der Waals surface area (Å²) in [6.45, 7) is 0. The van der Waals surface area contributed by atoms with E-state index in [1.807, 2.05) is 23.7 Å². The van der Waals surface area contributed by atoms with E-state index in [0.29, 0.717) is 5.82 Å². The van der Waals surface area contributed by atoms with Crippen LogP contribution in [0.15, 0.2) is 36.4 Å². The van der Waals surface area contributed by atoms with Gasteiger partial charge in [-0.1, -0.05) is 6.07 Å². The molecule has 5 heteroatoms. The Bertz CT molecular complexity index is 590. The van der Waals surface area contributed by atoms with Crippen LogP contribution >= 0.6 is 11.3 Å². The average molecular weight is 214 g/mol. The van der Waals surface area contributed by atoms with Gasteiger partial charge in [-0.2, -0.15) is 0 Å². The van der Waals surface area contributed by atoms with E-state index in [1.165, 1.54) is 12.7 Å². The summed E-state index contributed by atoms with van der Waals surface area (Å²) >= 11 is 1.61. The molecule has 1 aromatic carbocycles. The predicted molar refractivity (Wildman–Crippen MR) is 58.4 cm³/mol. The largest absolute Gasteiger partial charge is 0.244 e. The summed E-state index contributed by atoms with van der Waals surface area (Å²) in [7, 11) is 0. The van der Waals surface area contributed by atoms with Crippen molar-refractivity contribution in [3.63, 3.8) is 0 Å². The topological polar surface area (TPSA) is 51.6 Å². The number of aromatic nitrogens is 4. The molecule has 0 fully saturated rings. The van der Waals surface area contributed by atoms with Gasteiger partial charge in [-0.3, -0.25) is 0 Å². The summed E-state index contributed by atoms with van der Waals surface area (Å²) in [5.41, 5.74) is 3.74. The fraction of sp³-hybridized carbons (Fsp3) is 0. The van der Waals surface area contributed by atoms with Crippen molar-refractivity contribution in [1.29, 1.82) is 0 Å². The summed E-state index contributed by atoms with van der Waals surface area (Å²) in [6.07, 6.45) is 2.99. The Morgan fingerprint density at radius 1 is 1.00 bits per heavy atom. The molecule has 0 aliphatic carbocycles. The SMILES string of the molecule is c1cc(-c2ncncn2)c2ncsc2c1. The first-order chi connectivity index (χ1) is 7.45. The highest BCUT2D eigenvalue weighted by molar-refractivity contribution is 7.16. The Kier molecular flexibility index (Phi) is 1.89. The van der Waals surface area contributed by atoms with E-state index in [1.54, 1.807) is 11.3 Å². The van der Waals surface area contributed by atoms with Crippen LogP contribution in [0.25, 0.3) is 21.6 Å². The Morgan fingerprint density at radius 3 is 2.73 bits per heavy atom. The summed E-state index contributed by atoms with van der Waals surface area (Å²) in [5, 5.41) is 0. The maximum Gasteiger partial charge on any atom is 0.164 e. The molecule has 2 heterocycles. The van der Waals surface area contributed by atoms with Crippen molar-refractivity contribution in [1.82, 2.24) is 19.9 Å². The van der Waals surface area contributed by atoms with Crippen molar-refractivity contribution in [3.05, 3.63) is 36.4 Å². The first-order valence-electron chi connectivity index (χ1n) is 4.40. The molecule has 0 aliphatic heterocycles. The molecule has 0 saturated heterocycles. The summed E-state index contributed by atoms with van der Waals surface area (Å²) in [6, 6.07) is 5.99. The number of hydrogen-bond donors (Lipinski definition) is 0. The molecule has 0 aliphatic rings. The number of benzene rings is 1. The second-order valence-corrected chi connectivity index (χ2v) is 3.85. The van der Waals surface area contributed by atoms with E-state index < -0.39 is 0 Å². The third-order valence-electron chi connectivity index (χ3n) is 2.09. The van der Waals surface area contributed by atoms with Gasteiger partial charge in [-0.05, 0) is 12.1 Å². The molecule has 0 atom stereocenters. The fourth-order valence-electron chi connectivity index (χ4n) is 1.45. The molecule has 3 rings (SSSR count). The lowest BCUT2D eigenvalue weighted by molar-refractivity contribution is 1.06. The van der Waals surface area contributed by atoms with E-state index in [2.05, 4.69) is 19.9 Å². The van der Waals surface area contributed by atoms with Crippen LogP contribution in [-0.4, -0.2) is 19.9 Å². The molecule has 3 aromatic rings. The van der Waals surface area contributed by atoms with Crippen LogP contribution in [-0.2, 0) is 0 Å².